The van der Waals surface area contributed by atoms with Crippen molar-refractivity contribution in [1.82, 2.24) is 15.0 Å². The van der Waals surface area contributed by atoms with Gasteiger partial charge in [-0.25, -0.2) is 4.98 Å². The number of H-pyrrole nitrogens is 1. The van der Waals surface area contributed by atoms with E-state index in [4.69, 9.17) is 0 Å². The molecule has 3 aromatic rings. The van der Waals surface area contributed by atoms with Crippen LogP contribution in [0.3, 0.4) is 0 Å². The largest absolute Gasteiger partial charge is 0.340 e. The van der Waals surface area contributed by atoms with E-state index in [1.807, 2.05) is 19.2 Å². The molecule has 3 heteroatoms. The van der Waals surface area contributed by atoms with Crippen LogP contribution in [0.15, 0.2) is 24.4 Å². The van der Waals surface area contributed by atoms with Crippen molar-refractivity contribution in [2.75, 3.05) is 0 Å². The molecule has 0 spiro atoms. The zero-order chi connectivity index (χ0) is 10.4. The molecule has 0 atom stereocenters. The normalized spacial score (nSPS) is 11.3. The van der Waals surface area contributed by atoms with Gasteiger partial charge >= 0.3 is 0 Å². The fraction of sp³-hybridized carbons (Fsp3) is 0.167. The van der Waals surface area contributed by atoms with Crippen molar-refractivity contribution in [3.63, 3.8) is 0 Å². The van der Waals surface area contributed by atoms with Gasteiger partial charge in [-0.2, -0.15) is 0 Å². The average Bonchev–Trinajstić information content (AvgIpc) is 2.58. The summed E-state index contributed by atoms with van der Waals surface area (Å²) < 4.78 is 0. The fourth-order valence-electron chi connectivity index (χ4n) is 1.91. The number of aryl methyl sites for hydroxylation is 2. The number of pyridine rings is 1. The second kappa shape index (κ2) is 2.79. The van der Waals surface area contributed by atoms with Gasteiger partial charge in [0.1, 0.15) is 5.82 Å². The minimum Gasteiger partial charge on any atom is -0.340 e. The summed E-state index contributed by atoms with van der Waals surface area (Å²) in [7, 11) is 0. The minimum absolute atomic E-state index is 0.930. The van der Waals surface area contributed by atoms with Crippen molar-refractivity contribution in [2.24, 2.45) is 0 Å². The van der Waals surface area contributed by atoms with E-state index in [0.29, 0.717) is 0 Å². The first-order chi connectivity index (χ1) is 7.24. The maximum atomic E-state index is 4.45. The van der Waals surface area contributed by atoms with Crippen molar-refractivity contribution >= 4 is 21.9 Å². The number of imidazole rings is 1. The first kappa shape index (κ1) is 8.41. The van der Waals surface area contributed by atoms with Crippen molar-refractivity contribution in [3.8, 4) is 0 Å². The predicted octanol–water partition coefficient (Wildman–Crippen LogP) is 2.73. The van der Waals surface area contributed by atoms with Gasteiger partial charge in [-0.3, -0.25) is 4.98 Å². The number of nitrogens with one attached hydrogen (secondary N) is 1. The monoisotopic (exact) mass is 197 g/mol. The quantitative estimate of drug-likeness (QED) is 0.602. The molecule has 74 valence electrons. The van der Waals surface area contributed by atoms with Crippen molar-refractivity contribution < 1.29 is 0 Å². The first-order valence-corrected chi connectivity index (χ1v) is 4.96. The van der Waals surface area contributed by atoms with Crippen LogP contribution in [-0.4, -0.2) is 15.0 Å². The Morgan fingerprint density at radius 2 is 2.07 bits per heavy atom. The second-order valence-electron chi connectivity index (χ2n) is 3.87. The van der Waals surface area contributed by atoms with E-state index >= 15 is 0 Å². The fourth-order valence-corrected chi connectivity index (χ4v) is 1.91. The molecule has 15 heavy (non-hydrogen) atoms. The van der Waals surface area contributed by atoms with Crippen LogP contribution in [0.1, 0.15) is 11.4 Å². The minimum atomic E-state index is 0.930. The lowest BCUT2D eigenvalue weighted by atomic mass is 10.1. The van der Waals surface area contributed by atoms with Crippen LogP contribution < -0.4 is 0 Å². The first-order valence-electron chi connectivity index (χ1n) is 4.96. The van der Waals surface area contributed by atoms with E-state index in [0.717, 1.165) is 27.8 Å². The van der Waals surface area contributed by atoms with E-state index in [-0.39, 0.29) is 0 Å². The number of benzene rings is 1. The topological polar surface area (TPSA) is 41.6 Å². The number of aromatic nitrogens is 3. The summed E-state index contributed by atoms with van der Waals surface area (Å²) in [5.41, 5.74) is 4.19. The third-order valence-electron chi connectivity index (χ3n) is 2.56. The number of aromatic amines is 1. The Morgan fingerprint density at radius 3 is 2.93 bits per heavy atom. The molecule has 0 saturated carbocycles. The molecule has 1 aromatic carbocycles. The molecule has 0 amide bonds. The number of hydrogen-bond donors (Lipinski definition) is 1. The maximum absolute atomic E-state index is 4.45. The molecule has 0 bridgehead atoms. The standard InChI is InChI=1S/C12H11N3/c1-7-5-9-3-4-10-12(11(9)13-6-7)15-8(2)14-10/h3-6H,1-2H3,(H,14,15). The van der Waals surface area contributed by atoms with E-state index in [2.05, 4.69) is 34.0 Å². The third kappa shape index (κ3) is 1.20. The molecule has 1 N–H and O–H groups in total. The van der Waals surface area contributed by atoms with Gasteiger partial charge < -0.3 is 4.98 Å². The van der Waals surface area contributed by atoms with E-state index in [1.165, 1.54) is 5.56 Å². The molecule has 0 unspecified atom stereocenters. The summed E-state index contributed by atoms with van der Waals surface area (Å²) in [6.45, 7) is 4.01. The molecule has 0 aliphatic rings. The zero-order valence-electron chi connectivity index (χ0n) is 8.70. The van der Waals surface area contributed by atoms with E-state index < -0.39 is 0 Å². The number of fused-ring (bicyclic) bond motifs is 3. The number of nitrogens with zero attached hydrogens (tertiary/aromatic N) is 2. The molecule has 2 aromatic heterocycles. The molecular weight excluding hydrogens is 186 g/mol. The summed E-state index contributed by atoms with van der Waals surface area (Å²) in [5.74, 6) is 0.930. The summed E-state index contributed by atoms with van der Waals surface area (Å²) >= 11 is 0. The van der Waals surface area contributed by atoms with Gasteiger partial charge in [0.15, 0.2) is 0 Å². The third-order valence-corrected chi connectivity index (χ3v) is 2.56. The molecular formula is C12H11N3. The van der Waals surface area contributed by atoms with Crippen LogP contribution >= 0.6 is 0 Å². The molecule has 0 aliphatic heterocycles. The predicted molar refractivity (Wildman–Crippen MR) is 60.9 cm³/mol. The SMILES string of the molecule is Cc1cnc2c(ccc3nc(C)[nH]c32)c1. The van der Waals surface area contributed by atoms with Gasteiger partial charge in [0.25, 0.3) is 0 Å². The summed E-state index contributed by atoms with van der Waals surface area (Å²) in [5, 5.41) is 1.16. The molecule has 0 fully saturated rings. The Hall–Kier alpha value is -1.90. The van der Waals surface area contributed by atoms with Gasteiger partial charge in [-0.1, -0.05) is 6.07 Å². The molecule has 3 rings (SSSR count). The van der Waals surface area contributed by atoms with Crippen molar-refractivity contribution in [3.05, 3.63) is 35.8 Å². The van der Waals surface area contributed by atoms with Gasteiger partial charge in [0.05, 0.1) is 16.6 Å². The highest BCUT2D eigenvalue weighted by Gasteiger charge is 2.05. The highest BCUT2D eigenvalue weighted by molar-refractivity contribution is 6.01. The lowest BCUT2D eigenvalue weighted by molar-refractivity contribution is 1.17. The van der Waals surface area contributed by atoms with Gasteiger partial charge in [-0.05, 0) is 31.5 Å². The van der Waals surface area contributed by atoms with Gasteiger partial charge in [0, 0.05) is 11.6 Å². The summed E-state index contributed by atoms with van der Waals surface area (Å²) in [6.07, 6.45) is 1.89. The average molecular weight is 197 g/mol. The highest BCUT2D eigenvalue weighted by Crippen LogP contribution is 2.22. The molecule has 0 aliphatic carbocycles. The Morgan fingerprint density at radius 1 is 1.20 bits per heavy atom. The van der Waals surface area contributed by atoms with Crippen molar-refractivity contribution in [1.29, 1.82) is 0 Å². The Labute approximate surface area is 87.2 Å². The van der Waals surface area contributed by atoms with Crippen LogP contribution in [0.2, 0.25) is 0 Å². The molecule has 2 heterocycles. The second-order valence-corrected chi connectivity index (χ2v) is 3.87. The van der Waals surface area contributed by atoms with Crippen LogP contribution in [0.25, 0.3) is 21.9 Å². The molecule has 0 radical (unpaired) electrons. The Balaban J connectivity index is 2.53. The van der Waals surface area contributed by atoms with E-state index in [9.17, 15) is 0 Å². The number of rotatable bonds is 0. The highest BCUT2D eigenvalue weighted by atomic mass is 14.9. The zero-order valence-corrected chi connectivity index (χ0v) is 8.70. The van der Waals surface area contributed by atoms with Gasteiger partial charge in [0.2, 0.25) is 0 Å². The Kier molecular flexibility index (Phi) is 1.57. The Bertz CT molecular complexity index is 652. The lowest BCUT2D eigenvalue weighted by Crippen LogP contribution is -1.82. The molecule has 0 saturated heterocycles. The van der Waals surface area contributed by atoms with Crippen molar-refractivity contribution in [2.45, 2.75) is 13.8 Å². The maximum Gasteiger partial charge on any atom is 0.104 e. The molecule has 3 nitrogen and oxygen atoms in total. The van der Waals surface area contributed by atoms with Crippen LogP contribution in [-0.2, 0) is 0 Å². The van der Waals surface area contributed by atoms with Crippen LogP contribution in [0.4, 0.5) is 0 Å². The lowest BCUT2D eigenvalue weighted by Gasteiger charge is -1.98. The summed E-state index contributed by atoms with van der Waals surface area (Å²) in [4.78, 5) is 12.1. The smallest absolute Gasteiger partial charge is 0.104 e. The van der Waals surface area contributed by atoms with Gasteiger partial charge in [-0.15, -0.1) is 0 Å². The van der Waals surface area contributed by atoms with Crippen LogP contribution in [0, 0.1) is 13.8 Å². The van der Waals surface area contributed by atoms with Crippen LogP contribution in [0.5, 0.6) is 0 Å². The van der Waals surface area contributed by atoms with E-state index in [1.54, 1.807) is 0 Å². The summed E-state index contributed by atoms with van der Waals surface area (Å²) in [6, 6.07) is 6.23. The number of hydrogen-bond acceptors (Lipinski definition) is 2.